The standard InChI is InChI=1S/C16H23ClFNO3/c1-15(2,3)22-14(21)19-9-16(4,10-20)8-11-5-6-12(17)13(18)7-11/h5-7,20H,8-10H2,1-4H3,(H,19,21). The van der Waals surface area contributed by atoms with Gasteiger partial charge in [0, 0.05) is 12.0 Å². The molecular formula is C16H23ClFNO3. The van der Waals surface area contributed by atoms with Crippen LogP contribution in [-0.4, -0.2) is 30.0 Å². The van der Waals surface area contributed by atoms with Gasteiger partial charge in [0.05, 0.1) is 11.6 Å². The van der Waals surface area contributed by atoms with Crippen LogP contribution in [0.15, 0.2) is 18.2 Å². The second kappa shape index (κ2) is 7.29. The fourth-order valence-corrected chi connectivity index (χ4v) is 2.03. The molecule has 1 atom stereocenters. The lowest BCUT2D eigenvalue weighted by Crippen LogP contribution is -2.41. The SMILES string of the molecule is CC(CO)(CNC(=O)OC(C)(C)C)Cc1ccc(Cl)c(F)c1. The van der Waals surface area contributed by atoms with Crippen molar-refractivity contribution in [1.82, 2.24) is 5.32 Å². The lowest BCUT2D eigenvalue weighted by atomic mass is 9.84. The number of amides is 1. The molecule has 0 fully saturated rings. The Labute approximate surface area is 135 Å². The molecule has 124 valence electrons. The van der Waals surface area contributed by atoms with Crippen LogP contribution in [0, 0.1) is 11.2 Å². The number of aliphatic hydroxyl groups excluding tert-OH is 1. The van der Waals surface area contributed by atoms with Gasteiger partial charge in [-0.2, -0.15) is 0 Å². The van der Waals surface area contributed by atoms with E-state index in [2.05, 4.69) is 5.32 Å². The number of halogens is 2. The fraction of sp³-hybridized carbons (Fsp3) is 0.562. The molecule has 0 saturated carbocycles. The highest BCUT2D eigenvalue weighted by Gasteiger charge is 2.26. The number of rotatable bonds is 5. The zero-order valence-electron chi connectivity index (χ0n) is 13.4. The van der Waals surface area contributed by atoms with Gasteiger partial charge in [-0.15, -0.1) is 0 Å². The Balaban J connectivity index is 2.67. The number of carbonyl (C=O) groups is 1. The lowest BCUT2D eigenvalue weighted by molar-refractivity contribution is 0.0478. The van der Waals surface area contributed by atoms with E-state index in [1.807, 2.05) is 0 Å². The fourth-order valence-electron chi connectivity index (χ4n) is 1.92. The van der Waals surface area contributed by atoms with Crippen molar-refractivity contribution in [2.45, 2.75) is 39.7 Å². The third kappa shape index (κ3) is 6.20. The first-order chi connectivity index (χ1) is 10.0. The van der Waals surface area contributed by atoms with Crippen LogP contribution in [-0.2, 0) is 11.2 Å². The van der Waals surface area contributed by atoms with Gasteiger partial charge in [-0.05, 0) is 44.9 Å². The number of aliphatic hydroxyl groups is 1. The predicted molar refractivity (Wildman–Crippen MR) is 84.5 cm³/mol. The van der Waals surface area contributed by atoms with E-state index >= 15 is 0 Å². The van der Waals surface area contributed by atoms with Crippen molar-refractivity contribution >= 4 is 17.7 Å². The van der Waals surface area contributed by atoms with E-state index < -0.39 is 22.9 Å². The van der Waals surface area contributed by atoms with Crippen LogP contribution < -0.4 is 5.32 Å². The minimum absolute atomic E-state index is 0.0568. The van der Waals surface area contributed by atoms with E-state index in [1.54, 1.807) is 33.8 Å². The minimum atomic E-state index is -0.628. The first-order valence-electron chi connectivity index (χ1n) is 7.06. The molecule has 2 N–H and O–H groups in total. The summed E-state index contributed by atoms with van der Waals surface area (Å²) in [6, 6.07) is 4.52. The maximum Gasteiger partial charge on any atom is 0.407 e. The molecule has 0 aliphatic heterocycles. The summed E-state index contributed by atoms with van der Waals surface area (Å²) in [5, 5.41) is 12.3. The van der Waals surface area contributed by atoms with Crippen molar-refractivity contribution in [2.24, 2.45) is 5.41 Å². The molecule has 0 aliphatic rings. The van der Waals surface area contributed by atoms with Crippen molar-refractivity contribution in [3.8, 4) is 0 Å². The molecule has 22 heavy (non-hydrogen) atoms. The van der Waals surface area contributed by atoms with Crippen LogP contribution in [0.3, 0.4) is 0 Å². The Hall–Kier alpha value is -1.33. The molecule has 0 heterocycles. The van der Waals surface area contributed by atoms with Gasteiger partial charge >= 0.3 is 6.09 Å². The van der Waals surface area contributed by atoms with Crippen molar-refractivity contribution in [2.75, 3.05) is 13.2 Å². The monoisotopic (exact) mass is 331 g/mol. The maximum atomic E-state index is 13.5. The van der Waals surface area contributed by atoms with Crippen LogP contribution in [0.25, 0.3) is 0 Å². The van der Waals surface area contributed by atoms with E-state index in [1.165, 1.54) is 12.1 Å². The first-order valence-corrected chi connectivity index (χ1v) is 7.44. The van der Waals surface area contributed by atoms with Gasteiger partial charge in [-0.3, -0.25) is 0 Å². The second-order valence-corrected chi connectivity index (χ2v) is 7.16. The van der Waals surface area contributed by atoms with Crippen molar-refractivity contribution < 1.29 is 19.0 Å². The lowest BCUT2D eigenvalue weighted by Gasteiger charge is -2.28. The molecule has 0 spiro atoms. The largest absolute Gasteiger partial charge is 0.444 e. The van der Waals surface area contributed by atoms with Crippen LogP contribution in [0.2, 0.25) is 5.02 Å². The molecule has 1 aromatic rings. The number of ether oxygens (including phenoxy) is 1. The molecule has 0 aromatic heterocycles. The molecule has 1 rings (SSSR count). The Kier molecular flexibility index (Phi) is 6.20. The average molecular weight is 332 g/mol. The minimum Gasteiger partial charge on any atom is -0.444 e. The first kappa shape index (κ1) is 18.7. The zero-order valence-corrected chi connectivity index (χ0v) is 14.1. The summed E-state index contributed by atoms with van der Waals surface area (Å²) in [7, 11) is 0. The highest BCUT2D eigenvalue weighted by Crippen LogP contribution is 2.24. The van der Waals surface area contributed by atoms with Crippen LogP contribution in [0.1, 0.15) is 33.3 Å². The van der Waals surface area contributed by atoms with E-state index in [4.69, 9.17) is 16.3 Å². The normalized spacial score (nSPS) is 14.3. The molecule has 0 bridgehead atoms. The third-order valence-electron chi connectivity index (χ3n) is 3.06. The summed E-state index contributed by atoms with van der Waals surface area (Å²) in [4.78, 5) is 11.7. The second-order valence-electron chi connectivity index (χ2n) is 6.75. The van der Waals surface area contributed by atoms with Gasteiger partial charge < -0.3 is 15.2 Å². The van der Waals surface area contributed by atoms with Crippen LogP contribution in [0.5, 0.6) is 0 Å². The molecule has 0 aliphatic carbocycles. The van der Waals surface area contributed by atoms with Crippen molar-refractivity contribution in [3.63, 3.8) is 0 Å². The summed E-state index contributed by atoms with van der Waals surface area (Å²) < 4.78 is 18.6. The molecule has 0 saturated heterocycles. The number of benzene rings is 1. The molecule has 1 aromatic carbocycles. The number of nitrogens with one attached hydrogen (secondary N) is 1. The Bertz CT molecular complexity index is 531. The Morgan fingerprint density at radius 1 is 1.36 bits per heavy atom. The van der Waals surface area contributed by atoms with Gasteiger partial charge in [-0.1, -0.05) is 24.6 Å². The van der Waals surface area contributed by atoms with E-state index in [-0.39, 0.29) is 18.2 Å². The molecule has 6 heteroatoms. The summed E-state index contributed by atoms with van der Waals surface area (Å²) in [6.45, 7) is 7.17. The van der Waals surface area contributed by atoms with Gasteiger partial charge in [0.15, 0.2) is 0 Å². The van der Waals surface area contributed by atoms with E-state index in [0.29, 0.717) is 12.0 Å². The Morgan fingerprint density at radius 2 is 2.00 bits per heavy atom. The number of hydrogen-bond acceptors (Lipinski definition) is 3. The van der Waals surface area contributed by atoms with Crippen molar-refractivity contribution in [1.29, 1.82) is 0 Å². The molecule has 4 nitrogen and oxygen atoms in total. The Morgan fingerprint density at radius 3 is 2.50 bits per heavy atom. The molecular weight excluding hydrogens is 309 g/mol. The van der Waals surface area contributed by atoms with Gasteiger partial charge in [0.2, 0.25) is 0 Å². The highest BCUT2D eigenvalue weighted by atomic mass is 35.5. The quantitative estimate of drug-likeness (QED) is 0.867. The smallest absolute Gasteiger partial charge is 0.407 e. The zero-order chi connectivity index (χ0) is 17.0. The van der Waals surface area contributed by atoms with E-state index in [0.717, 1.165) is 0 Å². The highest BCUT2D eigenvalue weighted by molar-refractivity contribution is 6.30. The summed E-state index contributed by atoms with van der Waals surface area (Å²) in [5.74, 6) is -0.500. The number of alkyl carbamates (subject to hydrolysis) is 1. The molecule has 0 radical (unpaired) electrons. The van der Waals surface area contributed by atoms with Gasteiger partial charge in [0.1, 0.15) is 11.4 Å². The third-order valence-corrected chi connectivity index (χ3v) is 3.36. The molecule has 1 amide bonds. The number of hydrogen-bond donors (Lipinski definition) is 2. The van der Waals surface area contributed by atoms with E-state index in [9.17, 15) is 14.3 Å². The topological polar surface area (TPSA) is 58.6 Å². The average Bonchev–Trinajstić information content (AvgIpc) is 2.39. The maximum absolute atomic E-state index is 13.5. The summed E-state index contributed by atoms with van der Waals surface area (Å²) in [5.41, 5.74) is -0.514. The molecule has 1 unspecified atom stereocenters. The summed E-state index contributed by atoms with van der Waals surface area (Å²) >= 11 is 5.65. The number of carbonyl (C=O) groups excluding carboxylic acids is 1. The predicted octanol–water partition coefficient (Wildman–Crippen LogP) is 3.54. The van der Waals surface area contributed by atoms with Crippen LogP contribution in [0.4, 0.5) is 9.18 Å². The van der Waals surface area contributed by atoms with Gasteiger partial charge in [-0.25, -0.2) is 9.18 Å². The summed E-state index contributed by atoms with van der Waals surface area (Å²) in [6.07, 6.45) is -0.151. The van der Waals surface area contributed by atoms with Crippen molar-refractivity contribution in [3.05, 3.63) is 34.6 Å². The van der Waals surface area contributed by atoms with Crippen LogP contribution >= 0.6 is 11.6 Å². The van der Waals surface area contributed by atoms with Gasteiger partial charge in [0.25, 0.3) is 0 Å².